The summed E-state index contributed by atoms with van der Waals surface area (Å²) >= 11 is 11.4. The lowest BCUT2D eigenvalue weighted by molar-refractivity contribution is -0.118. The van der Waals surface area contributed by atoms with Gasteiger partial charge in [-0.1, -0.05) is 6.58 Å². The van der Waals surface area contributed by atoms with E-state index in [0.717, 1.165) is 5.70 Å². The average Bonchev–Trinajstić information content (AvgIpc) is 2.16. The second-order valence-corrected chi connectivity index (χ2v) is 4.15. The van der Waals surface area contributed by atoms with Gasteiger partial charge < -0.3 is 15.5 Å². The molecule has 90 valence electrons. The maximum atomic E-state index is 11.8. The van der Waals surface area contributed by atoms with Gasteiger partial charge in [0.2, 0.25) is 0 Å². The van der Waals surface area contributed by atoms with Crippen molar-refractivity contribution in [3.63, 3.8) is 0 Å². The van der Waals surface area contributed by atoms with Gasteiger partial charge in [-0.05, 0) is 6.92 Å². The molecule has 0 atom stereocenters. The molecule has 0 saturated heterocycles. The van der Waals surface area contributed by atoms with Crippen molar-refractivity contribution in [3.8, 4) is 0 Å². The van der Waals surface area contributed by atoms with Crippen LogP contribution in [0.2, 0.25) is 0 Å². The first-order chi connectivity index (χ1) is 7.60. The van der Waals surface area contributed by atoms with Crippen molar-refractivity contribution >= 4 is 29.1 Å². The molecule has 0 fully saturated rings. The highest BCUT2D eigenvalue weighted by molar-refractivity contribution is 6.18. The summed E-state index contributed by atoms with van der Waals surface area (Å²) in [7, 11) is 0. The summed E-state index contributed by atoms with van der Waals surface area (Å²) in [4.78, 5) is 13.7. The summed E-state index contributed by atoms with van der Waals surface area (Å²) in [6.45, 7) is 6.65. The molecule has 1 heterocycles. The lowest BCUT2D eigenvalue weighted by Gasteiger charge is -2.30. The Kier molecular flexibility index (Phi) is 4.96. The first-order valence-corrected chi connectivity index (χ1v) is 6.02. The number of hydrogen-bond acceptors (Lipinski definition) is 3. The van der Waals surface area contributed by atoms with Gasteiger partial charge in [-0.25, -0.2) is 0 Å². The van der Waals surface area contributed by atoms with E-state index in [2.05, 4.69) is 17.2 Å². The average molecular weight is 264 g/mol. The van der Waals surface area contributed by atoms with Crippen molar-refractivity contribution in [2.24, 2.45) is 0 Å². The van der Waals surface area contributed by atoms with E-state index in [1.807, 2.05) is 11.8 Å². The molecule has 0 radical (unpaired) electrons. The Morgan fingerprint density at radius 2 is 1.81 bits per heavy atom. The summed E-state index contributed by atoms with van der Waals surface area (Å²) in [6, 6.07) is 0. The first kappa shape index (κ1) is 13.2. The summed E-state index contributed by atoms with van der Waals surface area (Å²) in [6.07, 6.45) is 0. The van der Waals surface area contributed by atoms with Gasteiger partial charge in [0.1, 0.15) is 11.5 Å². The standard InChI is InChI=1S/C10H15Cl2N3O/c1-7-9(10(16)14-8(2)13-7)15(5-3-11)6-4-12/h13H,2-6H2,1H3,(H,14,16). The smallest absolute Gasteiger partial charge is 0.274 e. The molecule has 0 aliphatic carbocycles. The van der Waals surface area contributed by atoms with Crippen LogP contribution in [0.4, 0.5) is 0 Å². The van der Waals surface area contributed by atoms with Gasteiger partial charge in [0.05, 0.1) is 0 Å². The second-order valence-electron chi connectivity index (χ2n) is 3.40. The predicted octanol–water partition coefficient (Wildman–Crippen LogP) is 1.19. The molecule has 0 saturated carbocycles. The van der Waals surface area contributed by atoms with Gasteiger partial charge >= 0.3 is 0 Å². The summed E-state index contributed by atoms with van der Waals surface area (Å²) in [5.41, 5.74) is 1.35. The molecule has 0 aromatic heterocycles. The lowest BCUT2D eigenvalue weighted by atomic mass is 10.2. The van der Waals surface area contributed by atoms with Crippen LogP contribution in [0, 0.1) is 0 Å². The van der Waals surface area contributed by atoms with E-state index in [9.17, 15) is 4.79 Å². The minimum atomic E-state index is -0.170. The Morgan fingerprint density at radius 3 is 2.25 bits per heavy atom. The molecular formula is C10H15Cl2N3O. The molecule has 0 aromatic rings. The fraction of sp³-hybridized carbons (Fsp3) is 0.500. The van der Waals surface area contributed by atoms with E-state index in [1.54, 1.807) is 0 Å². The molecule has 1 aliphatic heterocycles. The molecule has 2 N–H and O–H groups in total. The number of amides is 1. The molecule has 1 amide bonds. The van der Waals surface area contributed by atoms with Crippen molar-refractivity contribution in [2.75, 3.05) is 24.8 Å². The quantitative estimate of drug-likeness (QED) is 0.733. The van der Waals surface area contributed by atoms with Crippen LogP contribution in [0.1, 0.15) is 6.92 Å². The lowest BCUT2D eigenvalue weighted by Crippen LogP contribution is -2.45. The molecule has 0 bridgehead atoms. The number of allylic oxidation sites excluding steroid dienone is 1. The maximum Gasteiger partial charge on any atom is 0.274 e. The third-order valence-electron chi connectivity index (χ3n) is 2.20. The Balaban J connectivity index is 2.92. The van der Waals surface area contributed by atoms with Crippen molar-refractivity contribution in [1.82, 2.24) is 15.5 Å². The van der Waals surface area contributed by atoms with E-state index in [1.165, 1.54) is 0 Å². The molecular weight excluding hydrogens is 249 g/mol. The van der Waals surface area contributed by atoms with Crippen LogP contribution in [-0.4, -0.2) is 35.7 Å². The normalized spacial score (nSPS) is 15.9. The number of hydrogen-bond donors (Lipinski definition) is 2. The molecule has 4 nitrogen and oxygen atoms in total. The molecule has 0 unspecified atom stereocenters. The summed E-state index contributed by atoms with van der Waals surface area (Å²) < 4.78 is 0. The number of halogens is 2. The highest BCUT2D eigenvalue weighted by Gasteiger charge is 2.24. The minimum absolute atomic E-state index is 0.170. The van der Waals surface area contributed by atoms with Crippen LogP contribution < -0.4 is 10.6 Å². The zero-order chi connectivity index (χ0) is 12.1. The molecule has 6 heteroatoms. The van der Waals surface area contributed by atoms with Crippen LogP contribution in [0.15, 0.2) is 23.8 Å². The van der Waals surface area contributed by atoms with E-state index >= 15 is 0 Å². The Hall–Kier alpha value is -0.870. The fourth-order valence-corrected chi connectivity index (χ4v) is 2.01. The Bertz CT molecular complexity index is 322. The summed E-state index contributed by atoms with van der Waals surface area (Å²) in [5, 5.41) is 5.61. The Labute approximate surface area is 105 Å². The van der Waals surface area contributed by atoms with Crippen molar-refractivity contribution in [2.45, 2.75) is 6.92 Å². The highest BCUT2D eigenvalue weighted by Crippen LogP contribution is 2.14. The number of alkyl halides is 2. The highest BCUT2D eigenvalue weighted by atomic mass is 35.5. The predicted molar refractivity (Wildman–Crippen MR) is 66.1 cm³/mol. The first-order valence-electron chi connectivity index (χ1n) is 4.95. The van der Waals surface area contributed by atoms with Gasteiger partial charge in [0.15, 0.2) is 0 Å². The van der Waals surface area contributed by atoms with Crippen molar-refractivity contribution in [1.29, 1.82) is 0 Å². The molecule has 0 spiro atoms. The molecule has 1 rings (SSSR count). The summed E-state index contributed by atoms with van der Waals surface area (Å²) in [5.74, 6) is 1.21. The third kappa shape index (κ3) is 3.06. The van der Waals surface area contributed by atoms with Crippen LogP contribution in [0.3, 0.4) is 0 Å². The zero-order valence-electron chi connectivity index (χ0n) is 9.15. The number of rotatable bonds is 5. The van der Waals surface area contributed by atoms with Crippen LogP contribution in [0.5, 0.6) is 0 Å². The van der Waals surface area contributed by atoms with Crippen molar-refractivity contribution < 1.29 is 4.79 Å². The largest absolute Gasteiger partial charge is 0.363 e. The van der Waals surface area contributed by atoms with Gasteiger partial charge in [-0.15, -0.1) is 23.2 Å². The number of nitrogens with one attached hydrogen (secondary N) is 2. The van der Waals surface area contributed by atoms with E-state index < -0.39 is 0 Å². The molecule has 16 heavy (non-hydrogen) atoms. The molecule has 0 aromatic carbocycles. The van der Waals surface area contributed by atoms with Gasteiger partial charge in [-0.2, -0.15) is 0 Å². The van der Waals surface area contributed by atoms with E-state index in [4.69, 9.17) is 23.2 Å². The number of carbonyl (C=O) groups excluding carboxylic acids is 1. The van der Waals surface area contributed by atoms with E-state index in [0.29, 0.717) is 36.4 Å². The maximum absolute atomic E-state index is 11.8. The van der Waals surface area contributed by atoms with Crippen LogP contribution in [-0.2, 0) is 4.79 Å². The Morgan fingerprint density at radius 1 is 1.25 bits per heavy atom. The topological polar surface area (TPSA) is 44.4 Å². The number of nitrogens with zero attached hydrogens (tertiary/aromatic N) is 1. The zero-order valence-corrected chi connectivity index (χ0v) is 10.7. The molecule has 1 aliphatic rings. The third-order valence-corrected chi connectivity index (χ3v) is 2.54. The minimum Gasteiger partial charge on any atom is -0.363 e. The number of carbonyl (C=O) groups is 1. The van der Waals surface area contributed by atoms with Crippen LogP contribution in [0.25, 0.3) is 0 Å². The van der Waals surface area contributed by atoms with E-state index in [-0.39, 0.29) is 5.91 Å². The van der Waals surface area contributed by atoms with Gasteiger partial charge in [-0.3, -0.25) is 4.79 Å². The fourth-order valence-electron chi connectivity index (χ4n) is 1.60. The van der Waals surface area contributed by atoms with Crippen LogP contribution >= 0.6 is 23.2 Å². The SMILES string of the molecule is C=C1NC(=O)C(N(CCCl)CCCl)=C(C)N1. The van der Waals surface area contributed by atoms with Gasteiger partial charge in [0, 0.05) is 30.5 Å². The second kappa shape index (κ2) is 6.01. The van der Waals surface area contributed by atoms with Crippen molar-refractivity contribution in [3.05, 3.63) is 23.8 Å². The van der Waals surface area contributed by atoms with Gasteiger partial charge in [0.25, 0.3) is 5.91 Å². The monoisotopic (exact) mass is 263 g/mol.